The van der Waals surface area contributed by atoms with Crippen molar-refractivity contribution in [3.05, 3.63) is 42.5 Å². The average Bonchev–Trinajstić information content (AvgIpc) is 2.42. The van der Waals surface area contributed by atoms with Crippen LogP contribution in [0.4, 0.5) is 0 Å². The summed E-state index contributed by atoms with van der Waals surface area (Å²) < 4.78 is 31.7. The van der Waals surface area contributed by atoms with Crippen LogP contribution in [0.1, 0.15) is 31.1 Å². The van der Waals surface area contributed by atoms with Crippen molar-refractivity contribution in [1.82, 2.24) is 4.31 Å². The normalized spacial score (nSPS) is 12.2. The predicted octanol–water partition coefficient (Wildman–Crippen LogP) is 2.45. The zero-order chi connectivity index (χ0) is 16.3. The van der Waals surface area contributed by atoms with Crippen molar-refractivity contribution in [3.63, 3.8) is 0 Å². The van der Waals surface area contributed by atoms with Crippen LogP contribution in [0.5, 0.6) is 0 Å². The third kappa shape index (κ3) is 3.71. The van der Waals surface area contributed by atoms with Gasteiger partial charge in [0.25, 0.3) is 0 Å². The van der Waals surface area contributed by atoms with Crippen molar-refractivity contribution >= 4 is 16.0 Å². The molecule has 0 spiro atoms. The van der Waals surface area contributed by atoms with E-state index in [9.17, 15) is 13.2 Å². The molecule has 0 radical (unpaired) electrons. The molecular weight excluding hydrogens is 290 g/mol. The molecule has 116 valence electrons. The number of esters is 1. The van der Waals surface area contributed by atoms with Crippen LogP contribution in [-0.2, 0) is 14.8 Å². The van der Waals surface area contributed by atoms with Gasteiger partial charge < -0.3 is 4.74 Å². The molecule has 0 aliphatic carbocycles. The summed E-state index contributed by atoms with van der Waals surface area (Å²) in [5.41, 5.74) is -0.616. The van der Waals surface area contributed by atoms with Gasteiger partial charge >= 0.3 is 5.97 Å². The van der Waals surface area contributed by atoms with Crippen LogP contribution in [0.2, 0.25) is 0 Å². The molecule has 0 saturated carbocycles. The summed E-state index contributed by atoms with van der Waals surface area (Å²) in [4.78, 5) is 11.7. The van der Waals surface area contributed by atoms with Crippen molar-refractivity contribution in [2.24, 2.45) is 0 Å². The number of hydrogen-bond donors (Lipinski definition) is 0. The summed E-state index contributed by atoms with van der Waals surface area (Å²) >= 11 is 0. The van der Waals surface area contributed by atoms with Crippen molar-refractivity contribution in [1.29, 1.82) is 0 Å². The lowest BCUT2D eigenvalue weighted by atomic mass is 10.1. The van der Waals surface area contributed by atoms with Crippen molar-refractivity contribution in [3.8, 4) is 0 Å². The minimum absolute atomic E-state index is 0.0262. The minimum Gasteiger partial charge on any atom is -0.465 e. The van der Waals surface area contributed by atoms with Crippen LogP contribution in [0.25, 0.3) is 0 Å². The van der Waals surface area contributed by atoms with E-state index in [1.807, 2.05) is 0 Å². The first kappa shape index (κ1) is 17.4. The van der Waals surface area contributed by atoms with Crippen LogP contribution in [-0.4, -0.2) is 37.9 Å². The maximum atomic E-state index is 12.9. The predicted molar refractivity (Wildman–Crippen MR) is 81.6 cm³/mol. The lowest BCUT2D eigenvalue weighted by Gasteiger charge is -2.34. The minimum atomic E-state index is -3.85. The molecule has 1 aromatic rings. The van der Waals surface area contributed by atoms with Gasteiger partial charge in [-0.25, -0.2) is 13.2 Å². The molecule has 6 heteroatoms. The van der Waals surface area contributed by atoms with Gasteiger partial charge in [0.15, 0.2) is 0 Å². The summed E-state index contributed by atoms with van der Waals surface area (Å²) in [6, 6.07) is 6.02. The second-order valence-corrected chi connectivity index (χ2v) is 7.31. The van der Waals surface area contributed by atoms with E-state index in [4.69, 9.17) is 0 Å². The molecule has 0 aliphatic heterocycles. The van der Waals surface area contributed by atoms with Gasteiger partial charge in [0, 0.05) is 12.1 Å². The van der Waals surface area contributed by atoms with Crippen molar-refractivity contribution < 1.29 is 17.9 Å². The third-order valence-corrected chi connectivity index (χ3v) is 5.09. The molecule has 0 N–H and O–H groups in total. The van der Waals surface area contributed by atoms with E-state index in [1.54, 1.807) is 32.9 Å². The van der Waals surface area contributed by atoms with Crippen molar-refractivity contribution in [2.75, 3.05) is 13.7 Å². The number of hydrogen-bond acceptors (Lipinski definition) is 4. The van der Waals surface area contributed by atoms with Gasteiger partial charge in [-0.2, -0.15) is 4.31 Å². The first-order valence-corrected chi connectivity index (χ1v) is 7.91. The van der Waals surface area contributed by atoms with E-state index in [0.29, 0.717) is 0 Å². The van der Waals surface area contributed by atoms with Crippen LogP contribution >= 0.6 is 0 Å². The van der Waals surface area contributed by atoms with Crippen LogP contribution in [0, 0.1) is 0 Å². The van der Waals surface area contributed by atoms with E-state index < -0.39 is 21.5 Å². The average molecular weight is 311 g/mol. The lowest BCUT2D eigenvalue weighted by molar-refractivity contribution is 0.0596. The lowest BCUT2D eigenvalue weighted by Crippen LogP contribution is -2.45. The Balaban J connectivity index is 3.49. The number of carbonyl (C=O) groups is 1. The van der Waals surface area contributed by atoms with Gasteiger partial charge in [-0.05, 0) is 32.9 Å². The van der Waals surface area contributed by atoms with Gasteiger partial charge in [0.2, 0.25) is 10.0 Å². The molecule has 0 amide bonds. The number of rotatable bonds is 5. The first-order valence-electron chi connectivity index (χ1n) is 6.47. The molecule has 0 fully saturated rings. The zero-order valence-electron chi connectivity index (χ0n) is 12.8. The highest BCUT2D eigenvalue weighted by Gasteiger charge is 2.35. The van der Waals surface area contributed by atoms with Crippen LogP contribution < -0.4 is 0 Å². The number of benzene rings is 1. The smallest absolute Gasteiger partial charge is 0.339 e. The first-order chi connectivity index (χ1) is 9.66. The standard InChI is InChI=1S/C15H21NO4S/c1-6-11-16(15(2,3)4)21(18,19)13-10-8-7-9-12(13)14(17)20-5/h6-10H,1,11H2,2-5H3. The van der Waals surface area contributed by atoms with E-state index in [-0.39, 0.29) is 17.0 Å². The Kier molecular flexibility index (Phi) is 5.31. The molecule has 0 unspecified atom stereocenters. The highest BCUT2D eigenvalue weighted by Crippen LogP contribution is 2.27. The maximum absolute atomic E-state index is 12.9. The summed E-state index contributed by atoms with van der Waals surface area (Å²) in [7, 11) is -2.63. The number of nitrogens with zero attached hydrogens (tertiary/aromatic N) is 1. The number of ether oxygens (including phenoxy) is 1. The highest BCUT2D eigenvalue weighted by atomic mass is 32.2. The Bertz CT molecular complexity index is 629. The summed E-state index contributed by atoms with van der Waals surface area (Å²) in [5, 5.41) is 0. The van der Waals surface area contributed by atoms with Crippen LogP contribution in [0.15, 0.2) is 41.8 Å². The molecule has 0 aromatic heterocycles. The topological polar surface area (TPSA) is 63.7 Å². The molecule has 1 rings (SSSR count). The van der Waals surface area contributed by atoms with Gasteiger partial charge in [0.05, 0.1) is 17.6 Å². The Morgan fingerprint density at radius 1 is 1.33 bits per heavy atom. The second-order valence-electron chi connectivity index (χ2n) is 5.48. The summed E-state index contributed by atoms with van der Waals surface area (Å²) in [6.45, 7) is 9.11. The molecule has 0 aliphatic rings. The van der Waals surface area contributed by atoms with E-state index in [2.05, 4.69) is 11.3 Å². The Morgan fingerprint density at radius 2 is 1.90 bits per heavy atom. The molecule has 0 atom stereocenters. The van der Waals surface area contributed by atoms with Gasteiger partial charge in [-0.3, -0.25) is 0 Å². The van der Waals surface area contributed by atoms with E-state index >= 15 is 0 Å². The largest absolute Gasteiger partial charge is 0.465 e. The molecule has 0 bridgehead atoms. The fourth-order valence-electron chi connectivity index (χ4n) is 1.94. The van der Waals surface area contributed by atoms with Gasteiger partial charge in [-0.1, -0.05) is 18.2 Å². The number of sulfonamides is 1. The fourth-order valence-corrected chi connectivity index (χ4v) is 3.88. The van der Waals surface area contributed by atoms with Gasteiger partial charge in [-0.15, -0.1) is 6.58 Å². The van der Waals surface area contributed by atoms with Crippen molar-refractivity contribution in [2.45, 2.75) is 31.2 Å². The number of carbonyl (C=O) groups excluding carboxylic acids is 1. The Morgan fingerprint density at radius 3 is 2.38 bits per heavy atom. The molecule has 21 heavy (non-hydrogen) atoms. The van der Waals surface area contributed by atoms with E-state index in [1.165, 1.54) is 29.6 Å². The monoisotopic (exact) mass is 311 g/mol. The molecule has 0 saturated heterocycles. The third-order valence-electron chi connectivity index (χ3n) is 2.90. The fraction of sp³-hybridized carbons (Fsp3) is 0.400. The van der Waals surface area contributed by atoms with Crippen LogP contribution in [0.3, 0.4) is 0 Å². The zero-order valence-corrected chi connectivity index (χ0v) is 13.6. The SMILES string of the molecule is C=CCN(C(C)(C)C)S(=O)(=O)c1ccccc1C(=O)OC. The molecule has 5 nitrogen and oxygen atoms in total. The molecule has 1 aromatic carbocycles. The van der Waals surface area contributed by atoms with E-state index in [0.717, 1.165) is 0 Å². The Labute approximate surface area is 126 Å². The number of methoxy groups -OCH3 is 1. The summed E-state index contributed by atoms with van der Waals surface area (Å²) in [5.74, 6) is -0.679. The summed E-state index contributed by atoms with van der Waals surface area (Å²) in [6.07, 6.45) is 1.52. The van der Waals surface area contributed by atoms with Gasteiger partial charge in [0.1, 0.15) is 0 Å². The maximum Gasteiger partial charge on any atom is 0.339 e. The highest BCUT2D eigenvalue weighted by molar-refractivity contribution is 7.89. The Hall–Kier alpha value is -1.66. The molecular formula is C15H21NO4S. The molecule has 0 heterocycles. The quantitative estimate of drug-likeness (QED) is 0.619. The second kappa shape index (κ2) is 6.41.